The maximum Gasteiger partial charge on any atom is 0.306 e. The van der Waals surface area contributed by atoms with Crippen molar-refractivity contribution in [2.75, 3.05) is 33.9 Å². The number of unbranched alkanes of at least 4 members (excludes halogenated alkanes) is 16. The SMILES string of the molecule is CCCCCCC#CCCOC(=O)CCCCCCCC(CCCCCCCC(=O)OCCC#CCCCCCC)OC(=O)CCCN(C)C. The lowest BCUT2D eigenvalue weighted by atomic mass is 10.0. The van der Waals surface area contributed by atoms with E-state index in [0.29, 0.717) is 45.3 Å². The Bertz CT molecular complexity index is 879. The zero-order valence-corrected chi connectivity index (χ0v) is 32.9. The lowest BCUT2D eigenvalue weighted by molar-refractivity contribution is -0.150. The van der Waals surface area contributed by atoms with Gasteiger partial charge in [0.2, 0.25) is 0 Å². The molecule has 0 amide bonds. The zero-order valence-electron chi connectivity index (χ0n) is 32.9. The Labute approximate surface area is 308 Å². The lowest BCUT2D eigenvalue weighted by Crippen LogP contribution is -2.20. The first kappa shape index (κ1) is 47.5. The zero-order chi connectivity index (χ0) is 36.8. The highest BCUT2D eigenvalue weighted by molar-refractivity contribution is 5.70. The normalized spacial score (nSPS) is 10.8. The Morgan fingerprint density at radius 3 is 1.34 bits per heavy atom. The summed E-state index contributed by atoms with van der Waals surface area (Å²) < 4.78 is 16.6. The van der Waals surface area contributed by atoms with Crippen LogP contribution in [0, 0.1) is 23.7 Å². The van der Waals surface area contributed by atoms with Gasteiger partial charge in [0.25, 0.3) is 0 Å². The first-order chi connectivity index (χ1) is 24.4. The van der Waals surface area contributed by atoms with Crippen LogP contribution >= 0.6 is 0 Å². The van der Waals surface area contributed by atoms with Gasteiger partial charge in [-0.1, -0.05) is 103 Å². The van der Waals surface area contributed by atoms with Gasteiger partial charge >= 0.3 is 17.9 Å². The molecular weight excluding hydrogens is 626 g/mol. The molecule has 0 unspecified atom stereocenters. The second-order valence-electron chi connectivity index (χ2n) is 13.9. The Kier molecular flexibility index (Phi) is 35.8. The Morgan fingerprint density at radius 1 is 0.480 bits per heavy atom. The van der Waals surface area contributed by atoms with E-state index in [4.69, 9.17) is 14.2 Å². The molecule has 50 heavy (non-hydrogen) atoms. The molecule has 0 aromatic heterocycles. The van der Waals surface area contributed by atoms with Crippen LogP contribution in [0.5, 0.6) is 0 Å². The molecule has 0 aliphatic rings. The summed E-state index contributed by atoms with van der Waals surface area (Å²) in [6, 6.07) is 0. The number of carbonyl (C=O) groups excluding carboxylic acids is 3. The van der Waals surface area contributed by atoms with Gasteiger partial charge in [-0.05, 0) is 78.4 Å². The van der Waals surface area contributed by atoms with E-state index in [2.05, 4.69) is 42.4 Å². The van der Waals surface area contributed by atoms with Crippen LogP contribution in [-0.2, 0) is 28.6 Å². The second-order valence-corrected chi connectivity index (χ2v) is 13.9. The molecule has 7 heteroatoms. The van der Waals surface area contributed by atoms with Crippen LogP contribution < -0.4 is 0 Å². The smallest absolute Gasteiger partial charge is 0.306 e. The third-order valence-corrected chi connectivity index (χ3v) is 8.64. The highest BCUT2D eigenvalue weighted by Gasteiger charge is 2.14. The van der Waals surface area contributed by atoms with Crippen molar-refractivity contribution in [1.29, 1.82) is 0 Å². The van der Waals surface area contributed by atoms with Crippen LogP contribution in [-0.4, -0.2) is 62.8 Å². The number of rotatable bonds is 33. The molecule has 0 aromatic carbocycles. The van der Waals surface area contributed by atoms with Crippen molar-refractivity contribution < 1.29 is 28.6 Å². The van der Waals surface area contributed by atoms with E-state index in [-0.39, 0.29) is 24.0 Å². The molecule has 0 rings (SSSR count). The standard InChI is InChI=1S/C43H75NO6/c1-5-7-9-11-13-15-23-29-38-48-41(45)34-27-21-17-19-25-32-40(50-43(47)36-31-37-44(3)4)33-26-20-18-22-28-35-42(46)49-39-30-24-16-14-12-10-8-6-2/h40H,5-14,17-22,25-39H2,1-4H3. The van der Waals surface area contributed by atoms with Gasteiger partial charge in [0, 0.05) is 44.9 Å². The van der Waals surface area contributed by atoms with Gasteiger partial charge in [0.05, 0.1) is 0 Å². The molecule has 288 valence electrons. The van der Waals surface area contributed by atoms with Crippen molar-refractivity contribution in [3.8, 4) is 23.7 Å². The lowest BCUT2D eigenvalue weighted by Gasteiger charge is -2.18. The van der Waals surface area contributed by atoms with E-state index in [1.807, 2.05) is 14.1 Å². The van der Waals surface area contributed by atoms with Crippen molar-refractivity contribution >= 4 is 17.9 Å². The van der Waals surface area contributed by atoms with Gasteiger partial charge in [-0.25, -0.2) is 0 Å². The predicted octanol–water partition coefficient (Wildman–Crippen LogP) is 10.5. The van der Waals surface area contributed by atoms with Gasteiger partial charge in [-0.15, -0.1) is 11.8 Å². The number of hydrogen-bond acceptors (Lipinski definition) is 7. The van der Waals surface area contributed by atoms with E-state index in [1.165, 1.54) is 38.5 Å². The third kappa shape index (κ3) is 36.8. The highest BCUT2D eigenvalue weighted by Crippen LogP contribution is 2.18. The van der Waals surface area contributed by atoms with E-state index in [1.54, 1.807) is 0 Å². The van der Waals surface area contributed by atoms with Crippen molar-refractivity contribution in [2.24, 2.45) is 0 Å². The number of carbonyl (C=O) groups is 3. The van der Waals surface area contributed by atoms with E-state index in [0.717, 1.165) is 116 Å². The van der Waals surface area contributed by atoms with Gasteiger partial charge in [-0.2, -0.15) is 0 Å². The summed E-state index contributed by atoms with van der Waals surface area (Å²) in [5.41, 5.74) is 0. The fourth-order valence-electron chi connectivity index (χ4n) is 5.60. The molecule has 0 atom stereocenters. The fourth-order valence-corrected chi connectivity index (χ4v) is 5.60. The summed E-state index contributed by atoms with van der Waals surface area (Å²) in [6.45, 7) is 6.07. The van der Waals surface area contributed by atoms with Crippen molar-refractivity contribution in [2.45, 2.75) is 200 Å². The Balaban J connectivity index is 4.11. The van der Waals surface area contributed by atoms with Crippen molar-refractivity contribution in [3.05, 3.63) is 0 Å². The van der Waals surface area contributed by atoms with Crippen LogP contribution in [0.3, 0.4) is 0 Å². The molecule has 0 aliphatic carbocycles. The summed E-state index contributed by atoms with van der Waals surface area (Å²) in [6.07, 6.45) is 26.8. The van der Waals surface area contributed by atoms with Crippen LogP contribution in [0.25, 0.3) is 0 Å². The molecule has 0 saturated heterocycles. The minimum absolute atomic E-state index is 0.0364. The first-order valence-electron chi connectivity index (χ1n) is 20.5. The predicted molar refractivity (Wildman–Crippen MR) is 207 cm³/mol. The molecule has 0 N–H and O–H groups in total. The van der Waals surface area contributed by atoms with Crippen LogP contribution in [0.1, 0.15) is 194 Å². The summed E-state index contributed by atoms with van der Waals surface area (Å²) in [5, 5.41) is 0. The molecule has 0 fully saturated rings. The average Bonchev–Trinajstić information content (AvgIpc) is 3.09. The van der Waals surface area contributed by atoms with Crippen LogP contribution in [0.15, 0.2) is 0 Å². The number of esters is 3. The Hall–Kier alpha value is -2.51. The number of ether oxygens (including phenoxy) is 3. The molecule has 0 spiro atoms. The largest absolute Gasteiger partial charge is 0.465 e. The van der Waals surface area contributed by atoms with Gasteiger partial charge in [-0.3, -0.25) is 14.4 Å². The number of hydrogen-bond donors (Lipinski definition) is 0. The average molecular weight is 702 g/mol. The van der Waals surface area contributed by atoms with E-state index in [9.17, 15) is 14.4 Å². The van der Waals surface area contributed by atoms with Crippen LogP contribution in [0.4, 0.5) is 0 Å². The molecule has 0 radical (unpaired) electrons. The van der Waals surface area contributed by atoms with Crippen molar-refractivity contribution in [1.82, 2.24) is 4.90 Å². The summed E-state index contributed by atoms with van der Waals surface area (Å²) in [5.74, 6) is 12.2. The molecule has 0 bridgehead atoms. The maximum atomic E-state index is 12.5. The second kappa shape index (κ2) is 37.7. The van der Waals surface area contributed by atoms with Gasteiger partial charge in [0.1, 0.15) is 19.3 Å². The Morgan fingerprint density at radius 2 is 0.880 bits per heavy atom. The van der Waals surface area contributed by atoms with E-state index < -0.39 is 0 Å². The summed E-state index contributed by atoms with van der Waals surface area (Å²) in [7, 11) is 4.03. The third-order valence-electron chi connectivity index (χ3n) is 8.64. The summed E-state index contributed by atoms with van der Waals surface area (Å²) in [4.78, 5) is 38.6. The summed E-state index contributed by atoms with van der Waals surface area (Å²) >= 11 is 0. The monoisotopic (exact) mass is 702 g/mol. The van der Waals surface area contributed by atoms with E-state index >= 15 is 0 Å². The molecule has 7 nitrogen and oxygen atoms in total. The van der Waals surface area contributed by atoms with Gasteiger partial charge in [0.15, 0.2) is 0 Å². The molecular formula is C43H75NO6. The maximum absolute atomic E-state index is 12.5. The molecule has 0 aromatic rings. The van der Waals surface area contributed by atoms with Gasteiger partial charge < -0.3 is 19.1 Å². The minimum atomic E-state index is -0.125. The van der Waals surface area contributed by atoms with Crippen molar-refractivity contribution in [3.63, 3.8) is 0 Å². The number of nitrogens with zero attached hydrogens (tertiary/aromatic N) is 1. The van der Waals surface area contributed by atoms with Crippen LogP contribution in [0.2, 0.25) is 0 Å². The highest BCUT2D eigenvalue weighted by atomic mass is 16.5. The molecule has 0 heterocycles. The molecule has 0 aliphatic heterocycles. The fraction of sp³-hybridized carbons (Fsp3) is 0.837. The topological polar surface area (TPSA) is 82.1 Å². The minimum Gasteiger partial charge on any atom is -0.465 e. The first-order valence-corrected chi connectivity index (χ1v) is 20.5. The quantitative estimate of drug-likeness (QED) is 0.0291. The molecule has 0 saturated carbocycles.